The molecule has 1 rings (SSSR count). The highest BCUT2D eigenvalue weighted by Gasteiger charge is 2.31. The lowest BCUT2D eigenvalue weighted by Gasteiger charge is -2.21. The summed E-state index contributed by atoms with van der Waals surface area (Å²) in [4.78, 5) is 12.3. The average molecular weight is 277 g/mol. The van der Waals surface area contributed by atoms with Gasteiger partial charge in [-0.2, -0.15) is 0 Å². The van der Waals surface area contributed by atoms with E-state index in [0.717, 1.165) is 0 Å². The number of likely N-dealkylation sites (N-methyl/N-ethyl adjacent to an activating group) is 1. The van der Waals surface area contributed by atoms with E-state index in [1.165, 1.54) is 30.0 Å². The molecular weight excluding hydrogens is 263 g/mol. The molecule has 0 saturated heterocycles. The van der Waals surface area contributed by atoms with E-state index in [1.807, 2.05) is 0 Å². The van der Waals surface area contributed by atoms with Gasteiger partial charge in [-0.15, -0.1) is 13.2 Å². The molecule has 0 bridgehead atoms. The molecule has 0 amide bonds. The third-order valence-corrected chi connectivity index (χ3v) is 2.58. The van der Waals surface area contributed by atoms with E-state index in [4.69, 9.17) is 5.11 Å². The Bertz CT molecular complexity index is 448. The summed E-state index contributed by atoms with van der Waals surface area (Å²) in [5.74, 6) is -1.31. The van der Waals surface area contributed by atoms with E-state index >= 15 is 0 Å². The Balaban J connectivity index is 2.75. The van der Waals surface area contributed by atoms with Crippen molar-refractivity contribution >= 4 is 5.97 Å². The second-order valence-electron chi connectivity index (χ2n) is 4.12. The minimum Gasteiger partial charge on any atom is -0.480 e. The number of rotatable bonds is 5. The maximum absolute atomic E-state index is 12.1. The van der Waals surface area contributed by atoms with E-state index in [0.29, 0.717) is 5.56 Å². The average Bonchev–Trinajstić information content (AvgIpc) is 2.25. The number of ether oxygens (including phenoxy) is 1. The monoisotopic (exact) mass is 277 g/mol. The molecule has 0 aliphatic heterocycles. The van der Waals surface area contributed by atoms with Gasteiger partial charge in [-0.25, -0.2) is 0 Å². The summed E-state index contributed by atoms with van der Waals surface area (Å²) >= 11 is 0. The van der Waals surface area contributed by atoms with Crippen molar-refractivity contribution in [2.24, 2.45) is 0 Å². The second-order valence-corrected chi connectivity index (χ2v) is 4.12. The second kappa shape index (κ2) is 5.92. The van der Waals surface area contributed by atoms with E-state index < -0.39 is 18.4 Å². The molecule has 1 atom stereocenters. The Morgan fingerprint density at radius 1 is 1.47 bits per heavy atom. The number of carbonyl (C=O) groups is 1. The van der Waals surface area contributed by atoms with Crippen LogP contribution >= 0.6 is 0 Å². The third-order valence-electron chi connectivity index (χ3n) is 2.58. The van der Waals surface area contributed by atoms with Crippen LogP contribution < -0.4 is 4.74 Å². The summed E-state index contributed by atoms with van der Waals surface area (Å²) in [5.41, 5.74) is 0.539. The van der Waals surface area contributed by atoms with Crippen molar-refractivity contribution < 1.29 is 27.8 Å². The lowest BCUT2D eigenvalue weighted by atomic mass is 10.2. The van der Waals surface area contributed by atoms with Gasteiger partial charge in [-0.1, -0.05) is 12.1 Å². The van der Waals surface area contributed by atoms with Gasteiger partial charge in [-0.3, -0.25) is 9.69 Å². The van der Waals surface area contributed by atoms with E-state index in [2.05, 4.69) is 4.74 Å². The minimum absolute atomic E-state index is 0.211. The molecule has 0 unspecified atom stereocenters. The molecular formula is C12H14F3NO3. The molecule has 0 radical (unpaired) electrons. The van der Waals surface area contributed by atoms with Crippen molar-refractivity contribution in [1.29, 1.82) is 0 Å². The molecule has 0 fully saturated rings. The van der Waals surface area contributed by atoms with Crippen molar-refractivity contribution in [1.82, 2.24) is 4.90 Å². The number of nitrogens with zero attached hydrogens (tertiary/aromatic N) is 1. The molecule has 1 aromatic carbocycles. The molecule has 0 spiro atoms. The van der Waals surface area contributed by atoms with Gasteiger partial charge in [0, 0.05) is 6.54 Å². The van der Waals surface area contributed by atoms with E-state index in [9.17, 15) is 18.0 Å². The van der Waals surface area contributed by atoms with Gasteiger partial charge in [0.1, 0.15) is 11.8 Å². The number of alkyl halides is 3. The van der Waals surface area contributed by atoms with Crippen LogP contribution in [0.15, 0.2) is 24.3 Å². The van der Waals surface area contributed by atoms with Crippen LogP contribution in [-0.2, 0) is 11.3 Å². The lowest BCUT2D eigenvalue weighted by Crippen LogP contribution is -2.35. The summed E-state index contributed by atoms with van der Waals surface area (Å²) in [6.07, 6.45) is -4.74. The normalized spacial score (nSPS) is 13.4. The molecule has 106 valence electrons. The fraction of sp³-hybridized carbons (Fsp3) is 0.417. The van der Waals surface area contributed by atoms with Crippen LogP contribution in [0.4, 0.5) is 13.2 Å². The van der Waals surface area contributed by atoms with Crippen molar-refractivity contribution in [2.45, 2.75) is 25.9 Å². The Labute approximate surface area is 108 Å². The van der Waals surface area contributed by atoms with Crippen LogP contribution in [0.25, 0.3) is 0 Å². The summed E-state index contributed by atoms with van der Waals surface area (Å²) in [5, 5.41) is 8.82. The Morgan fingerprint density at radius 3 is 2.63 bits per heavy atom. The molecule has 0 heterocycles. The van der Waals surface area contributed by atoms with Gasteiger partial charge in [0.05, 0.1) is 0 Å². The molecule has 1 N–H and O–H groups in total. The van der Waals surface area contributed by atoms with Crippen LogP contribution in [0.1, 0.15) is 12.5 Å². The number of aliphatic carboxylic acids is 1. The maximum Gasteiger partial charge on any atom is 0.573 e. The molecule has 19 heavy (non-hydrogen) atoms. The van der Waals surface area contributed by atoms with Gasteiger partial charge < -0.3 is 9.84 Å². The Kier molecular flexibility index (Phi) is 4.77. The standard InChI is InChI=1S/C12H14F3NO3/c1-8(11(17)18)16(2)7-9-4-3-5-10(6-9)19-12(13,14)15/h3-6,8H,7H2,1-2H3,(H,17,18)/t8-/m0/s1. The summed E-state index contributed by atoms with van der Waals surface area (Å²) in [6.45, 7) is 1.71. The van der Waals surface area contributed by atoms with Gasteiger partial charge in [0.25, 0.3) is 0 Å². The van der Waals surface area contributed by atoms with Crippen LogP contribution in [-0.4, -0.2) is 35.4 Å². The SMILES string of the molecule is C[C@@H](C(=O)O)N(C)Cc1cccc(OC(F)(F)F)c1. The fourth-order valence-electron chi connectivity index (χ4n) is 1.45. The molecule has 0 aromatic heterocycles. The van der Waals surface area contributed by atoms with Crippen molar-refractivity contribution in [3.8, 4) is 5.75 Å². The summed E-state index contributed by atoms with van der Waals surface area (Å²) in [7, 11) is 1.58. The highest BCUT2D eigenvalue weighted by Crippen LogP contribution is 2.23. The zero-order chi connectivity index (χ0) is 14.6. The lowest BCUT2D eigenvalue weighted by molar-refractivity contribution is -0.274. The van der Waals surface area contributed by atoms with Crippen LogP contribution in [0.3, 0.4) is 0 Å². The first-order valence-corrected chi connectivity index (χ1v) is 5.47. The highest BCUT2D eigenvalue weighted by atomic mass is 19.4. The number of hydrogen-bond acceptors (Lipinski definition) is 3. The smallest absolute Gasteiger partial charge is 0.480 e. The first-order chi connectivity index (χ1) is 8.69. The van der Waals surface area contributed by atoms with Crippen molar-refractivity contribution in [3.63, 3.8) is 0 Å². The molecule has 0 aliphatic carbocycles. The van der Waals surface area contributed by atoms with Gasteiger partial charge in [0.15, 0.2) is 0 Å². The first-order valence-electron chi connectivity index (χ1n) is 5.47. The zero-order valence-corrected chi connectivity index (χ0v) is 10.4. The Hall–Kier alpha value is -1.76. The summed E-state index contributed by atoms with van der Waals surface area (Å²) < 4.78 is 40.0. The molecule has 0 saturated carbocycles. The predicted molar refractivity (Wildman–Crippen MR) is 61.7 cm³/mol. The maximum atomic E-state index is 12.1. The van der Waals surface area contributed by atoms with E-state index in [-0.39, 0.29) is 12.3 Å². The van der Waals surface area contributed by atoms with Gasteiger partial charge in [0.2, 0.25) is 0 Å². The number of hydrogen-bond donors (Lipinski definition) is 1. The van der Waals surface area contributed by atoms with Crippen LogP contribution in [0, 0.1) is 0 Å². The molecule has 1 aromatic rings. The first kappa shape index (κ1) is 15.3. The van der Waals surface area contributed by atoms with E-state index in [1.54, 1.807) is 13.1 Å². The third kappa shape index (κ3) is 5.17. The topological polar surface area (TPSA) is 49.8 Å². The zero-order valence-electron chi connectivity index (χ0n) is 10.4. The minimum atomic E-state index is -4.74. The molecule has 4 nitrogen and oxygen atoms in total. The van der Waals surface area contributed by atoms with Gasteiger partial charge >= 0.3 is 12.3 Å². The predicted octanol–water partition coefficient (Wildman–Crippen LogP) is 2.49. The van der Waals surface area contributed by atoms with Gasteiger partial charge in [-0.05, 0) is 31.7 Å². The molecule has 7 heteroatoms. The van der Waals surface area contributed by atoms with Crippen LogP contribution in [0.2, 0.25) is 0 Å². The Morgan fingerprint density at radius 2 is 2.11 bits per heavy atom. The number of carboxylic acid groups (broad SMARTS) is 1. The fourth-order valence-corrected chi connectivity index (χ4v) is 1.45. The number of carboxylic acids is 1. The highest BCUT2D eigenvalue weighted by molar-refractivity contribution is 5.72. The van der Waals surface area contributed by atoms with Crippen LogP contribution in [0.5, 0.6) is 5.75 Å². The number of benzene rings is 1. The van der Waals surface area contributed by atoms with Crippen molar-refractivity contribution in [3.05, 3.63) is 29.8 Å². The quantitative estimate of drug-likeness (QED) is 0.898. The van der Waals surface area contributed by atoms with Crippen molar-refractivity contribution in [2.75, 3.05) is 7.05 Å². The molecule has 0 aliphatic rings. The summed E-state index contributed by atoms with van der Waals surface area (Å²) in [6, 6.07) is 4.73. The number of halogens is 3. The largest absolute Gasteiger partial charge is 0.573 e.